The van der Waals surface area contributed by atoms with Crippen LogP contribution in [0.15, 0.2) is 36.4 Å². The quantitative estimate of drug-likeness (QED) is 0.618. The van der Waals surface area contributed by atoms with Crippen LogP contribution in [0, 0.1) is 24.0 Å². The van der Waals surface area contributed by atoms with Gasteiger partial charge in [-0.25, -0.2) is 0 Å². The first-order valence-corrected chi connectivity index (χ1v) is 6.48. The zero-order valence-corrected chi connectivity index (χ0v) is 12.0. The van der Waals surface area contributed by atoms with Gasteiger partial charge in [-0.05, 0) is 37.1 Å². The first-order chi connectivity index (χ1) is 9.49. The highest BCUT2D eigenvalue weighted by molar-refractivity contribution is 6.31. The standard InChI is InChI=1S/C15H14ClNO3/c1-10-7-11(2)15(8-13(10)16)20-9-12-5-3-4-6-14(12)17(18)19/h3-8H,9H2,1-2H3. The van der Waals surface area contributed by atoms with Crippen molar-refractivity contribution in [2.45, 2.75) is 20.5 Å². The minimum Gasteiger partial charge on any atom is -0.488 e. The van der Waals surface area contributed by atoms with Crippen molar-refractivity contribution in [1.29, 1.82) is 0 Å². The number of hydrogen-bond acceptors (Lipinski definition) is 3. The van der Waals surface area contributed by atoms with Crippen molar-refractivity contribution in [1.82, 2.24) is 0 Å². The van der Waals surface area contributed by atoms with E-state index >= 15 is 0 Å². The molecule has 2 aromatic carbocycles. The number of nitro groups is 1. The zero-order chi connectivity index (χ0) is 14.7. The van der Waals surface area contributed by atoms with Gasteiger partial charge in [-0.2, -0.15) is 0 Å². The lowest BCUT2D eigenvalue weighted by molar-refractivity contribution is -0.385. The minimum absolute atomic E-state index is 0.0587. The lowest BCUT2D eigenvalue weighted by Gasteiger charge is -2.11. The van der Waals surface area contributed by atoms with Crippen LogP contribution in [0.1, 0.15) is 16.7 Å². The molecule has 20 heavy (non-hydrogen) atoms. The van der Waals surface area contributed by atoms with E-state index in [-0.39, 0.29) is 12.3 Å². The fourth-order valence-corrected chi connectivity index (χ4v) is 2.08. The predicted molar refractivity (Wildman–Crippen MR) is 78.4 cm³/mol. The summed E-state index contributed by atoms with van der Waals surface area (Å²) in [6, 6.07) is 10.2. The Morgan fingerprint density at radius 3 is 2.60 bits per heavy atom. The monoisotopic (exact) mass is 291 g/mol. The summed E-state index contributed by atoms with van der Waals surface area (Å²) in [4.78, 5) is 10.5. The van der Waals surface area contributed by atoms with Crippen molar-refractivity contribution >= 4 is 17.3 Å². The summed E-state index contributed by atoms with van der Waals surface area (Å²) in [6.07, 6.45) is 0. The maximum Gasteiger partial charge on any atom is 0.276 e. The van der Waals surface area contributed by atoms with Gasteiger partial charge in [0.2, 0.25) is 0 Å². The summed E-state index contributed by atoms with van der Waals surface area (Å²) in [5.74, 6) is 0.638. The first kappa shape index (κ1) is 14.3. The second kappa shape index (κ2) is 5.92. The van der Waals surface area contributed by atoms with Gasteiger partial charge >= 0.3 is 0 Å². The number of rotatable bonds is 4. The van der Waals surface area contributed by atoms with E-state index in [0.717, 1.165) is 11.1 Å². The molecule has 0 unspecified atom stereocenters. The number of nitro benzene ring substituents is 1. The van der Waals surface area contributed by atoms with Crippen molar-refractivity contribution in [3.63, 3.8) is 0 Å². The van der Waals surface area contributed by atoms with Gasteiger partial charge in [0.25, 0.3) is 5.69 Å². The maximum atomic E-state index is 10.9. The number of nitrogens with zero attached hydrogens (tertiary/aromatic N) is 1. The lowest BCUT2D eigenvalue weighted by atomic mass is 10.1. The summed E-state index contributed by atoms with van der Waals surface area (Å²) < 4.78 is 5.66. The summed E-state index contributed by atoms with van der Waals surface area (Å²) >= 11 is 6.06. The second-order valence-electron chi connectivity index (χ2n) is 4.54. The summed E-state index contributed by atoms with van der Waals surface area (Å²) in [7, 11) is 0. The van der Waals surface area contributed by atoms with E-state index in [2.05, 4.69) is 0 Å². The molecule has 0 bridgehead atoms. The molecule has 0 saturated carbocycles. The molecular weight excluding hydrogens is 278 g/mol. The van der Waals surface area contributed by atoms with Crippen LogP contribution in [0.2, 0.25) is 5.02 Å². The Kier molecular flexibility index (Phi) is 4.25. The van der Waals surface area contributed by atoms with E-state index in [1.807, 2.05) is 19.9 Å². The number of aryl methyl sites for hydroxylation is 2. The van der Waals surface area contributed by atoms with Crippen LogP contribution in [0.25, 0.3) is 0 Å². The van der Waals surface area contributed by atoms with Gasteiger partial charge in [0.05, 0.1) is 10.5 Å². The number of ether oxygens (including phenoxy) is 1. The average molecular weight is 292 g/mol. The summed E-state index contributed by atoms with van der Waals surface area (Å²) in [5.41, 5.74) is 2.52. The highest BCUT2D eigenvalue weighted by Gasteiger charge is 2.13. The van der Waals surface area contributed by atoms with Crippen molar-refractivity contribution in [3.05, 3.63) is 68.2 Å². The van der Waals surface area contributed by atoms with Crippen LogP contribution in [-0.4, -0.2) is 4.92 Å². The Labute approximate surface area is 122 Å². The van der Waals surface area contributed by atoms with Crippen LogP contribution in [0.5, 0.6) is 5.75 Å². The van der Waals surface area contributed by atoms with Crippen molar-refractivity contribution in [2.75, 3.05) is 0 Å². The number of benzene rings is 2. The molecular formula is C15H14ClNO3. The summed E-state index contributed by atoms with van der Waals surface area (Å²) in [6.45, 7) is 3.97. The van der Waals surface area contributed by atoms with Crippen molar-refractivity contribution in [2.24, 2.45) is 0 Å². The number of hydrogen-bond donors (Lipinski definition) is 0. The highest BCUT2D eigenvalue weighted by Crippen LogP contribution is 2.28. The van der Waals surface area contributed by atoms with E-state index in [0.29, 0.717) is 16.3 Å². The maximum absolute atomic E-state index is 10.9. The molecule has 0 N–H and O–H groups in total. The van der Waals surface area contributed by atoms with Gasteiger partial charge in [-0.3, -0.25) is 10.1 Å². The van der Waals surface area contributed by atoms with E-state index in [9.17, 15) is 10.1 Å². The fraction of sp³-hybridized carbons (Fsp3) is 0.200. The molecule has 104 valence electrons. The molecule has 0 aliphatic rings. The molecule has 0 aliphatic heterocycles. The van der Waals surface area contributed by atoms with E-state index in [1.54, 1.807) is 24.3 Å². The van der Waals surface area contributed by atoms with E-state index in [4.69, 9.17) is 16.3 Å². The molecule has 0 spiro atoms. The SMILES string of the molecule is Cc1cc(C)c(OCc2ccccc2[N+](=O)[O-])cc1Cl. The third-order valence-corrected chi connectivity index (χ3v) is 3.43. The Morgan fingerprint density at radius 1 is 1.20 bits per heavy atom. The van der Waals surface area contributed by atoms with Gasteiger partial charge in [0.15, 0.2) is 0 Å². The number of halogens is 1. The zero-order valence-electron chi connectivity index (χ0n) is 11.2. The highest BCUT2D eigenvalue weighted by atomic mass is 35.5. The molecule has 0 fully saturated rings. The number of para-hydroxylation sites is 1. The van der Waals surface area contributed by atoms with Crippen molar-refractivity contribution < 1.29 is 9.66 Å². The van der Waals surface area contributed by atoms with Crippen LogP contribution in [0.4, 0.5) is 5.69 Å². The molecule has 4 nitrogen and oxygen atoms in total. The van der Waals surface area contributed by atoms with Gasteiger partial charge in [-0.1, -0.05) is 29.8 Å². The molecule has 0 amide bonds. The third kappa shape index (κ3) is 3.08. The summed E-state index contributed by atoms with van der Waals surface area (Å²) in [5, 5.41) is 11.5. The molecule has 0 heterocycles. The Bertz CT molecular complexity index is 656. The first-order valence-electron chi connectivity index (χ1n) is 6.11. The van der Waals surface area contributed by atoms with Crippen LogP contribution < -0.4 is 4.74 Å². The van der Waals surface area contributed by atoms with Gasteiger partial charge in [0, 0.05) is 11.1 Å². The van der Waals surface area contributed by atoms with E-state index < -0.39 is 4.92 Å². The molecule has 0 saturated heterocycles. The molecule has 5 heteroatoms. The molecule has 0 atom stereocenters. The Balaban J connectivity index is 2.21. The third-order valence-electron chi connectivity index (χ3n) is 3.03. The van der Waals surface area contributed by atoms with Gasteiger partial charge in [-0.15, -0.1) is 0 Å². The normalized spacial score (nSPS) is 10.3. The van der Waals surface area contributed by atoms with Gasteiger partial charge < -0.3 is 4.74 Å². The average Bonchev–Trinajstić information content (AvgIpc) is 2.41. The smallest absolute Gasteiger partial charge is 0.276 e. The fourth-order valence-electron chi connectivity index (χ4n) is 1.93. The largest absolute Gasteiger partial charge is 0.488 e. The molecule has 2 rings (SSSR count). The Hall–Kier alpha value is -2.07. The minimum atomic E-state index is -0.409. The molecule has 0 aromatic heterocycles. The molecule has 0 aliphatic carbocycles. The van der Waals surface area contributed by atoms with Crippen molar-refractivity contribution in [3.8, 4) is 5.75 Å². The van der Waals surface area contributed by atoms with Crippen LogP contribution in [-0.2, 0) is 6.61 Å². The predicted octanol–water partition coefficient (Wildman–Crippen LogP) is 4.44. The van der Waals surface area contributed by atoms with Gasteiger partial charge in [0.1, 0.15) is 12.4 Å². The molecule has 0 radical (unpaired) electrons. The van der Waals surface area contributed by atoms with Crippen LogP contribution >= 0.6 is 11.6 Å². The lowest BCUT2D eigenvalue weighted by Crippen LogP contribution is -2.01. The Morgan fingerprint density at radius 2 is 1.90 bits per heavy atom. The van der Waals surface area contributed by atoms with E-state index in [1.165, 1.54) is 6.07 Å². The topological polar surface area (TPSA) is 52.4 Å². The molecule has 2 aromatic rings. The second-order valence-corrected chi connectivity index (χ2v) is 4.95. The van der Waals surface area contributed by atoms with Crippen LogP contribution in [0.3, 0.4) is 0 Å².